The van der Waals surface area contributed by atoms with Crippen molar-refractivity contribution < 1.29 is 23.1 Å². The zero-order chi connectivity index (χ0) is 24.8. The van der Waals surface area contributed by atoms with Crippen LogP contribution >= 0.6 is 0 Å². The van der Waals surface area contributed by atoms with Gasteiger partial charge in [-0.1, -0.05) is 42.5 Å². The van der Waals surface area contributed by atoms with Crippen LogP contribution in [0.25, 0.3) is 0 Å². The summed E-state index contributed by atoms with van der Waals surface area (Å²) < 4.78 is 31.1. The number of hydrogen-bond donors (Lipinski definition) is 1. The van der Waals surface area contributed by atoms with Gasteiger partial charge < -0.3 is 14.7 Å². The Morgan fingerprint density at radius 1 is 0.853 bits per heavy atom. The second kappa shape index (κ2) is 10.7. The third-order valence-electron chi connectivity index (χ3n) is 5.14. The van der Waals surface area contributed by atoms with Crippen LogP contribution < -0.4 is 0 Å². The lowest BCUT2D eigenvalue weighted by atomic mass is 10.1. The van der Waals surface area contributed by atoms with Crippen LogP contribution in [-0.4, -0.2) is 36.7 Å². The minimum Gasteiger partial charge on any atom is -0.508 e. The molecule has 34 heavy (non-hydrogen) atoms. The highest BCUT2D eigenvalue weighted by Crippen LogP contribution is 2.23. The molecule has 0 saturated heterocycles. The van der Waals surface area contributed by atoms with E-state index < -0.39 is 15.4 Å². The highest BCUT2D eigenvalue weighted by molar-refractivity contribution is 7.91. The molecule has 0 heterocycles. The molecule has 0 spiro atoms. The first-order valence-electron chi connectivity index (χ1n) is 11.2. The van der Waals surface area contributed by atoms with Crippen molar-refractivity contribution in [1.29, 1.82) is 0 Å². The third-order valence-corrected chi connectivity index (χ3v) is 6.93. The molecule has 0 bridgehead atoms. The Labute approximate surface area is 201 Å². The molecule has 0 aromatic heterocycles. The number of aromatic hydroxyl groups is 1. The van der Waals surface area contributed by atoms with Gasteiger partial charge in [0.25, 0.3) is 0 Å². The van der Waals surface area contributed by atoms with Gasteiger partial charge in [-0.3, -0.25) is 0 Å². The highest BCUT2D eigenvalue weighted by atomic mass is 32.2. The minimum absolute atomic E-state index is 0.0157. The summed E-state index contributed by atoms with van der Waals surface area (Å²) in [5.41, 5.74) is 1.43. The number of carbonyl (C=O) groups is 1. The maximum atomic E-state index is 12.8. The zero-order valence-corrected chi connectivity index (χ0v) is 20.6. The Morgan fingerprint density at radius 3 is 1.97 bits per heavy atom. The molecule has 0 saturated carbocycles. The Hall–Kier alpha value is -3.32. The number of phenols is 1. The molecule has 0 aliphatic heterocycles. The molecule has 3 rings (SSSR count). The van der Waals surface area contributed by atoms with Gasteiger partial charge in [-0.25, -0.2) is 13.2 Å². The quantitative estimate of drug-likeness (QED) is 0.453. The molecular formula is C27H31NO5S. The molecule has 0 aliphatic rings. The Bertz CT molecular complexity index is 1180. The predicted octanol–water partition coefficient (Wildman–Crippen LogP) is 5.59. The number of aryl methyl sites for hydroxylation is 1. The van der Waals surface area contributed by atoms with Gasteiger partial charge in [0, 0.05) is 13.1 Å². The standard InChI is InChI=1S/C27H31NO5S/c1-27(2,3)33-26(30)28(20-22-8-5-4-6-9-22)19-7-10-21-11-15-24(16-12-21)34(31,32)25-17-13-23(29)14-18-25/h4-6,8-9,11-18,29H,7,10,19-20H2,1-3H3. The van der Waals surface area contributed by atoms with Crippen LogP contribution in [0.1, 0.15) is 38.3 Å². The van der Waals surface area contributed by atoms with Crippen LogP contribution in [0, 0.1) is 0 Å². The Kier molecular flexibility index (Phi) is 7.99. The van der Waals surface area contributed by atoms with Crippen molar-refractivity contribution in [3.63, 3.8) is 0 Å². The molecule has 3 aromatic carbocycles. The molecule has 0 atom stereocenters. The molecule has 180 valence electrons. The van der Waals surface area contributed by atoms with Crippen molar-refractivity contribution in [3.8, 4) is 5.75 Å². The molecule has 1 amide bonds. The fraction of sp³-hybridized carbons (Fsp3) is 0.296. The van der Waals surface area contributed by atoms with Gasteiger partial charge in [0.15, 0.2) is 0 Å². The SMILES string of the molecule is CC(C)(C)OC(=O)N(CCCc1ccc(S(=O)(=O)c2ccc(O)cc2)cc1)Cc1ccccc1. The van der Waals surface area contributed by atoms with Gasteiger partial charge in [0.05, 0.1) is 9.79 Å². The number of benzene rings is 3. The van der Waals surface area contributed by atoms with E-state index >= 15 is 0 Å². The second-order valence-electron chi connectivity index (χ2n) is 9.13. The van der Waals surface area contributed by atoms with E-state index in [2.05, 4.69) is 0 Å². The minimum atomic E-state index is -3.65. The maximum Gasteiger partial charge on any atom is 0.410 e. The average molecular weight is 482 g/mol. The Balaban J connectivity index is 1.64. The van der Waals surface area contributed by atoms with E-state index in [4.69, 9.17) is 4.74 Å². The van der Waals surface area contributed by atoms with E-state index in [-0.39, 0.29) is 21.6 Å². The number of hydrogen-bond acceptors (Lipinski definition) is 5. The van der Waals surface area contributed by atoms with Crippen LogP contribution in [0.15, 0.2) is 88.7 Å². The van der Waals surface area contributed by atoms with E-state index in [1.54, 1.807) is 29.2 Å². The van der Waals surface area contributed by atoms with E-state index in [1.165, 1.54) is 24.3 Å². The van der Waals surface area contributed by atoms with Gasteiger partial charge in [0.2, 0.25) is 9.84 Å². The fourth-order valence-electron chi connectivity index (χ4n) is 3.44. The number of ether oxygens (including phenoxy) is 1. The van der Waals surface area contributed by atoms with Gasteiger partial charge in [-0.15, -0.1) is 0 Å². The fourth-order valence-corrected chi connectivity index (χ4v) is 4.70. The monoisotopic (exact) mass is 481 g/mol. The van der Waals surface area contributed by atoms with Gasteiger partial charge in [-0.2, -0.15) is 0 Å². The van der Waals surface area contributed by atoms with Crippen molar-refractivity contribution in [2.75, 3.05) is 6.54 Å². The summed E-state index contributed by atoms with van der Waals surface area (Å²) in [6.45, 7) is 6.51. The van der Waals surface area contributed by atoms with Crippen molar-refractivity contribution >= 4 is 15.9 Å². The zero-order valence-electron chi connectivity index (χ0n) is 19.8. The first-order valence-corrected chi connectivity index (χ1v) is 12.7. The summed E-state index contributed by atoms with van der Waals surface area (Å²) in [6, 6.07) is 22.0. The molecular weight excluding hydrogens is 450 g/mol. The van der Waals surface area contributed by atoms with Gasteiger partial charge in [0.1, 0.15) is 11.4 Å². The summed E-state index contributed by atoms with van der Waals surface area (Å²) in [5, 5.41) is 9.40. The summed E-state index contributed by atoms with van der Waals surface area (Å²) >= 11 is 0. The molecule has 0 unspecified atom stereocenters. The maximum absolute atomic E-state index is 12.8. The van der Waals surface area contributed by atoms with Crippen molar-refractivity contribution in [2.24, 2.45) is 0 Å². The molecule has 0 radical (unpaired) electrons. The van der Waals surface area contributed by atoms with Crippen molar-refractivity contribution in [3.05, 3.63) is 90.0 Å². The lowest BCUT2D eigenvalue weighted by molar-refractivity contribution is 0.0231. The Morgan fingerprint density at radius 2 is 1.41 bits per heavy atom. The molecule has 3 aromatic rings. The third kappa shape index (κ3) is 7.09. The van der Waals surface area contributed by atoms with Crippen LogP contribution in [0.3, 0.4) is 0 Å². The predicted molar refractivity (Wildman–Crippen MR) is 131 cm³/mol. The number of sulfone groups is 1. The van der Waals surface area contributed by atoms with E-state index in [1.807, 2.05) is 51.1 Å². The highest BCUT2D eigenvalue weighted by Gasteiger charge is 2.22. The number of phenolic OH excluding ortho intramolecular Hbond substituents is 1. The average Bonchev–Trinajstić information content (AvgIpc) is 2.78. The van der Waals surface area contributed by atoms with E-state index in [9.17, 15) is 18.3 Å². The molecule has 0 fully saturated rings. The smallest absolute Gasteiger partial charge is 0.410 e. The van der Waals surface area contributed by atoms with E-state index in [0.717, 1.165) is 11.1 Å². The normalized spacial score (nSPS) is 11.7. The van der Waals surface area contributed by atoms with Crippen LogP contribution in [-0.2, 0) is 27.5 Å². The summed E-state index contributed by atoms with van der Waals surface area (Å²) in [6.07, 6.45) is 1.04. The first kappa shape index (κ1) is 25.3. The van der Waals surface area contributed by atoms with Crippen LogP contribution in [0.4, 0.5) is 4.79 Å². The lowest BCUT2D eigenvalue weighted by Gasteiger charge is -2.27. The topological polar surface area (TPSA) is 83.9 Å². The van der Waals surface area contributed by atoms with Gasteiger partial charge in [-0.05, 0) is 81.1 Å². The lowest BCUT2D eigenvalue weighted by Crippen LogP contribution is -2.37. The summed E-state index contributed by atoms with van der Waals surface area (Å²) in [5.74, 6) is 0.0157. The molecule has 1 N–H and O–H groups in total. The van der Waals surface area contributed by atoms with Crippen molar-refractivity contribution in [2.45, 2.75) is 55.5 Å². The number of amides is 1. The number of rotatable bonds is 8. The molecule has 0 aliphatic carbocycles. The van der Waals surface area contributed by atoms with E-state index in [0.29, 0.717) is 25.9 Å². The largest absolute Gasteiger partial charge is 0.508 e. The number of nitrogens with zero attached hydrogens (tertiary/aromatic N) is 1. The molecule has 7 heteroatoms. The second-order valence-corrected chi connectivity index (χ2v) is 11.1. The van der Waals surface area contributed by atoms with Crippen LogP contribution in [0.5, 0.6) is 5.75 Å². The first-order chi connectivity index (χ1) is 16.0. The van der Waals surface area contributed by atoms with Gasteiger partial charge >= 0.3 is 6.09 Å². The summed E-state index contributed by atoms with van der Waals surface area (Å²) in [7, 11) is -3.65. The summed E-state index contributed by atoms with van der Waals surface area (Å²) in [4.78, 5) is 14.8. The molecule has 6 nitrogen and oxygen atoms in total. The van der Waals surface area contributed by atoms with Crippen LogP contribution in [0.2, 0.25) is 0 Å². The van der Waals surface area contributed by atoms with Crippen molar-refractivity contribution in [1.82, 2.24) is 4.90 Å². The number of carbonyl (C=O) groups excluding carboxylic acids is 1.